The van der Waals surface area contributed by atoms with Gasteiger partial charge in [-0.25, -0.2) is 4.79 Å². The van der Waals surface area contributed by atoms with Crippen LogP contribution in [0.5, 0.6) is 0 Å². The zero-order chi connectivity index (χ0) is 15.8. The van der Waals surface area contributed by atoms with Crippen LogP contribution in [-0.2, 0) is 9.47 Å². The van der Waals surface area contributed by atoms with Crippen LogP contribution in [0, 0.1) is 0 Å². The SMILES string of the molecule is COCCN1CCOC(CNC(=O)Nc2ccc(Cl)cc2)C1. The van der Waals surface area contributed by atoms with Crippen molar-refractivity contribution in [3.63, 3.8) is 0 Å². The lowest BCUT2D eigenvalue weighted by Crippen LogP contribution is -2.48. The third-order valence-electron chi connectivity index (χ3n) is 3.43. The first kappa shape index (κ1) is 17.0. The van der Waals surface area contributed by atoms with Crippen LogP contribution in [0.2, 0.25) is 5.02 Å². The number of morpholine rings is 1. The van der Waals surface area contributed by atoms with Gasteiger partial charge in [-0.1, -0.05) is 11.6 Å². The Labute approximate surface area is 135 Å². The van der Waals surface area contributed by atoms with E-state index in [2.05, 4.69) is 15.5 Å². The largest absolute Gasteiger partial charge is 0.383 e. The molecule has 2 amide bonds. The maximum absolute atomic E-state index is 11.8. The molecule has 1 aliphatic heterocycles. The van der Waals surface area contributed by atoms with E-state index in [0.29, 0.717) is 30.5 Å². The lowest BCUT2D eigenvalue weighted by Gasteiger charge is -2.32. The molecule has 0 saturated carbocycles. The molecule has 0 spiro atoms. The summed E-state index contributed by atoms with van der Waals surface area (Å²) in [4.78, 5) is 14.1. The highest BCUT2D eigenvalue weighted by molar-refractivity contribution is 6.30. The van der Waals surface area contributed by atoms with Crippen LogP contribution in [0.1, 0.15) is 0 Å². The van der Waals surface area contributed by atoms with Gasteiger partial charge in [-0.05, 0) is 24.3 Å². The van der Waals surface area contributed by atoms with Crippen LogP contribution in [0.4, 0.5) is 10.5 Å². The molecule has 0 aliphatic carbocycles. The van der Waals surface area contributed by atoms with Crippen LogP contribution in [0.25, 0.3) is 0 Å². The van der Waals surface area contributed by atoms with Crippen molar-refractivity contribution < 1.29 is 14.3 Å². The minimum Gasteiger partial charge on any atom is -0.383 e. The highest BCUT2D eigenvalue weighted by Gasteiger charge is 2.20. The van der Waals surface area contributed by atoms with Crippen molar-refractivity contribution in [1.29, 1.82) is 0 Å². The molecular weight excluding hydrogens is 306 g/mol. The second kappa shape index (κ2) is 8.95. The van der Waals surface area contributed by atoms with Crippen molar-refractivity contribution in [2.75, 3.05) is 51.8 Å². The van der Waals surface area contributed by atoms with Crippen molar-refractivity contribution in [3.05, 3.63) is 29.3 Å². The number of ether oxygens (including phenoxy) is 2. The number of urea groups is 1. The Morgan fingerprint density at radius 1 is 1.45 bits per heavy atom. The number of anilines is 1. The molecule has 1 saturated heterocycles. The first-order valence-corrected chi connectivity index (χ1v) is 7.68. The molecule has 22 heavy (non-hydrogen) atoms. The molecule has 0 aromatic heterocycles. The number of halogens is 1. The van der Waals surface area contributed by atoms with E-state index in [1.807, 2.05) is 0 Å². The number of rotatable bonds is 6. The maximum Gasteiger partial charge on any atom is 0.319 e. The fourth-order valence-corrected chi connectivity index (χ4v) is 2.37. The molecule has 1 aromatic carbocycles. The summed E-state index contributed by atoms with van der Waals surface area (Å²) in [6, 6.07) is 6.72. The summed E-state index contributed by atoms with van der Waals surface area (Å²) in [5.41, 5.74) is 0.702. The van der Waals surface area contributed by atoms with E-state index in [0.717, 1.165) is 19.6 Å². The van der Waals surface area contributed by atoms with Gasteiger partial charge in [-0.15, -0.1) is 0 Å². The molecule has 0 radical (unpaired) electrons. The Morgan fingerprint density at radius 3 is 2.95 bits per heavy atom. The number of nitrogens with zero attached hydrogens (tertiary/aromatic N) is 1. The van der Waals surface area contributed by atoms with Crippen molar-refractivity contribution in [2.24, 2.45) is 0 Å². The van der Waals surface area contributed by atoms with Gasteiger partial charge in [0.25, 0.3) is 0 Å². The summed E-state index contributed by atoms with van der Waals surface area (Å²) in [5.74, 6) is 0. The summed E-state index contributed by atoms with van der Waals surface area (Å²) in [7, 11) is 1.70. The Morgan fingerprint density at radius 2 is 2.23 bits per heavy atom. The van der Waals surface area contributed by atoms with Crippen LogP contribution in [0.3, 0.4) is 0 Å². The van der Waals surface area contributed by atoms with Gasteiger partial charge in [0.1, 0.15) is 0 Å². The zero-order valence-electron chi connectivity index (χ0n) is 12.7. The first-order chi connectivity index (χ1) is 10.7. The van der Waals surface area contributed by atoms with Crippen LogP contribution in [-0.4, -0.2) is 63.5 Å². The fourth-order valence-electron chi connectivity index (χ4n) is 2.24. The molecule has 6 nitrogen and oxygen atoms in total. The topological polar surface area (TPSA) is 62.8 Å². The maximum atomic E-state index is 11.8. The third-order valence-corrected chi connectivity index (χ3v) is 3.68. The normalized spacial score (nSPS) is 18.9. The number of amides is 2. The van der Waals surface area contributed by atoms with Crippen LogP contribution >= 0.6 is 11.6 Å². The number of hydrogen-bond acceptors (Lipinski definition) is 4. The molecule has 1 atom stereocenters. The van der Waals surface area contributed by atoms with Gasteiger partial charge in [0.05, 0.1) is 19.3 Å². The van der Waals surface area contributed by atoms with Gasteiger partial charge in [-0.3, -0.25) is 4.90 Å². The van der Waals surface area contributed by atoms with E-state index in [9.17, 15) is 4.79 Å². The molecule has 0 bridgehead atoms. The summed E-state index contributed by atoms with van der Waals surface area (Å²) in [5, 5.41) is 6.22. The smallest absolute Gasteiger partial charge is 0.319 e. The van der Waals surface area contributed by atoms with Gasteiger partial charge in [0.2, 0.25) is 0 Å². The molecule has 1 aromatic rings. The van der Waals surface area contributed by atoms with Gasteiger partial charge in [0, 0.05) is 44.0 Å². The number of nitrogens with one attached hydrogen (secondary N) is 2. The number of hydrogen-bond donors (Lipinski definition) is 2. The highest BCUT2D eigenvalue weighted by Crippen LogP contribution is 2.13. The number of carbonyl (C=O) groups is 1. The Balaban J connectivity index is 1.70. The molecule has 7 heteroatoms. The third kappa shape index (κ3) is 5.81. The molecule has 1 fully saturated rings. The first-order valence-electron chi connectivity index (χ1n) is 7.30. The molecule has 2 N–H and O–H groups in total. The van der Waals surface area contributed by atoms with Gasteiger partial charge < -0.3 is 20.1 Å². The van der Waals surface area contributed by atoms with Gasteiger partial charge in [0.15, 0.2) is 0 Å². The van der Waals surface area contributed by atoms with E-state index >= 15 is 0 Å². The molecule has 122 valence electrons. The van der Waals surface area contributed by atoms with E-state index in [1.54, 1.807) is 31.4 Å². The Bertz CT molecular complexity index is 470. The lowest BCUT2D eigenvalue weighted by molar-refractivity contribution is -0.0313. The van der Waals surface area contributed by atoms with Crippen molar-refractivity contribution in [2.45, 2.75) is 6.10 Å². The number of carbonyl (C=O) groups excluding carboxylic acids is 1. The quantitative estimate of drug-likeness (QED) is 0.836. The van der Waals surface area contributed by atoms with E-state index < -0.39 is 0 Å². The number of methoxy groups -OCH3 is 1. The monoisotopic (exact) mass is 327 g/mol. The fraction of sp³-hybridized carbons (Fsp3) is 0.533. The predicted molar refractivity (Wildman–Crippen MR) is 86.5 cm³/mol. The van der Waals surface area contributed by atoms with E-state index in [-0.39, 0.29) is 12.1 Å². The summed E-state index contributed by atoms with van der Waals surface area (Å²) in [6.45, 7) is 4.43. The molecule has 1 aliphatic rings. The molecule has 2 rings (SSSR count). The van der Waals surface area contributed by atoms with Crippen molar-refractivity contribution in [3.8, 4) is 0 Å². The lowest BCUT2D eigenvalue weighted by atomic mass is 10.2. The zero-order valence-corrected chi connectivity index (χ0v) is 13.4. The second-order valence-electron chi connectivity index (χ2n) is 5.13. The van der Waals surface area contributed by atoms with Crippen molar-refractivity contribution >= 4 is 23.3 Å². The Kier molecular flexibility index (Phi) is 6.92. The van der Waals surface area contributed by atoms with Crippen LogP contribution < -0.4 is 10.6 Å². The summed E-state index contributed by atoms with van der Waals surface area (Å²) in [6.07, 6.45) is 0.00146. The minimum atomic E-state index is -0.250. The average molecular weight is 328 g/mol. The average Bonchev–Trinajstić information content (AvgIpc) is 2.53. The van der Waals surface area contributed by atoms with E-state index in [4.69, 9.17) is 21.1 Å². The molecular formula is C15H22ClN3O3. The minimum absolute atomic E-state index is 0.00146. The van der Waals surface area contributed by atoms with E-state index in [1.165, 1.54) is 0 Å². The van der Waals surface area contributed by atoms with Gasteiger partial charge >= 0.3 is 6.03 Å². The van der Waals surface area contributed by atoms with Crippen molar-refractivity contribution in [1.82, 2.24) is 10.2 Å². The molecule has 1 unspecified atom stereocenters. The highest BCUT2D eigenvalue weighted by atomic mass is 35.5. The number of benzene rings is 1. The van der Waals surface area contributed by atoms with Gasteiger partial charge in [-0.2, -0.15) is 0 Å². The molecule has 1 heterocycles. The second-order valence-corrected chi connectivity index (χ2v) is 5.56. The Hall–Kier alpha value is -1.34. The standard InChI is InChI=1S/C15H22ClN3O3/c1-21-8-6-19-7-9-22-14(11-19)10-17-15(20)18-13-4-2-12(16)3-5-13/h2-5,14H,6-11H2,1H3,(H2,17,18,20). The van der Waals surface area contributed by atoms with Crippen LogP contribution in [0.15, 0.2) is 24.3 Å². The summed E-state index contributed by atoms with van der Waals surface area (Å²) >= 11 is 5.80. The summed E-state index contributed by atoms with van der Waals surface area (Å²) < 4.78 is 10.7. The predicted octanol–water partition coefficient (Wildman–Crippen LogP) is 1.81.